The second-order valence-corrected chi connectivity index (χ2v) is 2.72. The Morgan fingerprint density at radius 3 is 2.73 bits per heavy atom. The number of rotatable bonds is 2. The Kier molecular flexibility index (Phi) is 2.08. The number of ketones is 1. The fourth-order valence-electron chi connectivity index (χ4n) is 1.44. The summed E-state index contributed by atoms with van der Waals surface area (Å²) in [5.74, 6) is -2.16. The third-order valence-corrected chi connectivity index (χ3v) is 2.07. The highest BCUT2D eigenvalue weighted by molar-refractivity contribution is 6.00. The molecule has 1 aliphatic carbocycles. The fraction of sp³-hybridized carbons (Fsp3) is 0.500. The van der Waals surface area contributed by atoms with Crippen molar-refractivity contribution in [3.8, 4) is 0 Å². The number of carbonyl (C=O) groups excluding carboxylic acids is 1. The lowest BCUT2D eigenvalue weighted by Gasteiger charge is -2.07. The zero-order chi connectivity index (χ0) is 8.43. The topological polar surface area (TPSA) is 54.4 Å². The SMILES string of the molecule is C=CC1CCC(=O)C1C(=O)O. The van der Waals surface area contributed by atoms with Crippen LogP contribution in [-0.4, -0.2) is 16.9 Å². The molecule has 11 heavy (non-hydrogen) atoms. The summed E-state index contributed by atoms with van der Waals surface area (Å²) in [6.07, 6.45) is 2.58. The zero-order valence-electron chi connectivity index (χ0n) is 6.12. The average molecular weight is 154 g/mol. The second-order valence-electron chi connectivity index (χ2n) is 2.72. The van der Waals surface area contributed by atoms with Crippen molar-refractivity contribution in [1.29, 1.82) is 0 Å². The monoisotopic (exact) mass is 154 g/mol. The minimum Gasteiger partial charge on any atom is -0.481 e. The van der Waals surface area contributed by atoms with Crippen LogP contribution in [0.5, 0.6) is 0 Å². The third-order valence-electron chi connectivity index (χ3n) is 2.07. The molecule has 60 valence electrons. The molecule has 0 aliphatic heterocycles. The van der Waals surface area contributed by atoms with Gasteiger partial charge in [-0.1, -0.05) is 6.08 Å². The van der Waals surface area contributed by atoms with E-state index < -0.39 is 11.9 Å². The van der Waals surface area contributed by atoms with Gasteiger partial charge in [0.2, 0.25) is 0 Å². The summed E-state index contributed by atoms with van der Waals surface area (Å²) >= 11 is 0. The Morgan fingerprint density at radius 2 is 2.36 bits per heavy atom. The van der Waals surface area contributed by atoms with Crippen LogP contribution in [0.4, 0.5) is 0 Å². The normalized spacial score (nSPS) is 30.4. The van der Waals surface area contributed by atoms with Gasteiger partial charge < -0.3 is 5.11 Å². The van der Waals surface area contributed by atoms with E-state index in [1.54, 1.807) is 6.08 Å². The van der Waals surface area contributed by atoms with Crippen molar-refractivity contribution >= 4 is 11.8 Å². The first kappa shape index (κ1) is 7.98. The lowest BCUT2D eigenvalue weighted by atomic mass is 9.96. The number of carbonyl (C=O) groups is 2. The molecule has 3 nitrogen and oxygen atoms in total. The van der Waals surface area contributed by atoms with E-state index in [4.69, 9.17) is 5.11 Å². The number of Topliss-reactive ketones (excluding diaryl/α,β-unsaturated/α-hetero) is 1. The average Bonchev–Trinajstić information content (AvgIpc) is 2.30. The maximum Gasteiger partial charge on any atom is 0.314 e. The molecule has 0 bridgehead atoms. The molecule has 0 spiro atoms. The largest absolute Gasteiger partial charge is 0.481 e. The van der Waals surface area contributed by atoms with Gasteiger partial charge in [-0.2, -0.15) is 0 Å². The summed E-state index contributed by atoms with van der Waals surface area (Å²) in [6, 6.07) is 0. The molecule has 0 radical (unpaired) electrons. The van der Waals surface area contributed by atoms with Crippen molar-refractivity contribution in [3.63, 3.8) is 0 Å². The Hall–Kier alpha value is -1.12. The quantitative estimate of drug-likeness (QED) is 0.474. The van der Waals surface area contributed by atoms with Crippen molar-refractivity contribution < 1.29 is 14.7 Å². The standard InChI is InChI=1S/C8H10O3/c1-2-5-3-4-6(9)7(5)8(10)11/h2,5,7H,1,3-4H2,(H,10,11). The number of allylic oxidation sites excluding steroid dienone is 1. The van der Waals surface area contributed by atoms with Crippen molar-refractivity contribution in [1.82, 2.24) is 0 Å². The predicted octanol–water partition coefficient (Wildman–Crippen LogP) is 0.852. The van der Waals surface area contributed by atoms with E-state index in [0.29, 0.717) is 12.8 Å². The van der Waals surface area contributed by atoms with E-state index in [0.717, 1.165) is 0 Å². The maximum atomic E-state index is 11.0. The van der Waals surface area contributed by atoms with E-state index in [1.807, 2.05) is 0 Å². The van der Waals surface area contributed by atoms with Crippen LogP contribution >= 0.6 is 0 Å². The van der Waals surface area contributed by atoms with Crippen molar-refractivity contribution in [2.45, 2.75) is 12.8 Å². The molecule has 0 heterocycles. The first-order valence-electron chi connectivity index (χ1n) is 3.55. The molecular formula is C8H10O3. The molecule has 1 saturated carbocycles. The number of carboxylic acid groups (broad SMARTS) is 1. The maximum absolute atomic E-state index is 11.0. The van der Waals surface area contributed by atoms with Gasteiger partial charge in [-0.25, -0.2) is 0 Å². The molecule has 3 heteroatoms. The van der Waals surface area contributed by atoms with Crippen LogP contribution in [0.1, 0.15) is 12.8 Å². The van der Waals surface area contributed by atoms with E-state index in [2.05, 4.69) is 6.58 Å². The number of aliphatic carboxylic acids is 1. The number of hydrogen-bond acceptors (Lipinski definition) is 2. The van der Waals surface area contributed by atoms with Gasteiger partial charge in [0.15, 0.2) is 0 Å². The number of hydrogen-bond donors (Lipinski definition) is 1. The highest BCUT2D eigenvalue weighted by atomic mass is 16.4. The van der Waals surface area contributed by atoms with Crippen LogP contribution in [-0.2, 0) is 9.59 Å². The smallest absolute Gasteiger partial charge is 0.314 e. The highest BCUT2D eigenvalue weighted by Gasteiger charge is 2.37. The van der Waals surface area contributed by atoms with Crippen LogP contribution in [0, 0.1) is 11.8 Å². The summed E-state index contributed by atoms with van der Waals surface area (Å²) < 4.78 is 0. The summed E-state index contributed by atoms with van der Waals surface area (Å²) in [7, 11) is 0. The van der Waals surface area contributed by atoms with Gasteiger partial charge >= 0.3 is 5.97 Å². The van der Waals surface area contributed by atoms with Crippen LogP contribution in [0.3, 0.4) is 0 Å². The van der Waals surface area contributed by atoms with E-state index in [-0.39, 0.29) is 11.7 Å². The van der Waals surface area contributed by atoms with E-state index in [9.17, 15) is 9.59 Å². The van der Waals surface area contributed by atoms with E-state index >= 15 is 0 Å². The number of carboxylic acids is 1. The molecule has 0 amide bonds. The predicted molar refractivity (Wildman–Crippen MR) is 39.1 cm³/mol. The van der Waals surface area contributed by atoms with E-state index in [1.165, 1.54) is 0 Å². The van der Waals surface area contributed by atoms with Gasteiger partial charge in [-0.05, 0) is 12.3 Å². The van der Waals surface area contributed by atoms with Crippen LogP contribution in [0.15, 0.2) is 12.7 Å². The lowest BCUT2D eigenvalue weighted by Crippen LogP contribution is -2.23. The van der Waals surface area contributed by atoms with Gasteiger partial charge in [0.1, 0.15) is 11.7 Å². The summed E-state index contributed by atoms with van der Waals surface area (Å²) in [4.78, 5) is 21.5. The zero-order valence-corrected chi connectivity index (χ0v) is 6.12. The van der Waals surface area contributed by atoms with Gasteiger partial charge in [0.25, 0.3) is 0 Å². The third kappa shape index (κ3) is 1.31. The van der Waals surface area contributed by atoms with Crippen molar-refractivity contribution in [3.05, 3.63) is 12.7 Å². The molecule has 1 aliphatic rings. The fourth-order valence-corrected chi connectivity index (χ4v) is 1.44. The Morgan fingerprint density at radius 1 is 1.73 bits per heavy atom. The Labute approximate surface area is 64.7 Å². The minimum atomic E-state index is -1.02. The first-order chi connectivity index (χ1) is 5.16. The van der Waals surface area contributed by atoms with Gasteiger partial charge in [0.05, 0.1) is 0 Å². The van der Waals surface area contributed by atoms with Gasteiger partial charge in [-0.15, -0.1) is 6.58 Å². The van der Waals surface area contributed by atoms with Crippen LogP contribution in [0.2, 0.25) is 0 Å². The molecule has 1 rings (SSSR count). The molecule has 0 aromatic heterocycles. The molecule has 0 saturated heterocycles. The van der Waals surface area contributed by atoms with Crippen LogP contribution in [0.25, 0.3) is 0 Å². The van der Waals surface area contributed by atoms with Gasteiger partial charge in [-0.3, -0.25) is 9.59 Å². The highest BCUT2D eigenvalue weighted by Crippen LogP contribution is 2.29. The second kappa shape index (κ2) is 2.86. The Bertz CT molecular complexity index is 207. The van der Waals surface area contributed by atoms with Crippen molar-refractivity contribution in [2.24, 2.45) is 11.8 Å². The lowest BCUT2D eigenvalue weighted by molar-refractivity contribution is -0.145. The molecule has 0 aromatic carbocycles. The molecule has 2 atom stereocenters. The van der Waals surface area contributed by atoms with Crippen molar-refractivity contribution in [2.75, 3.05) is 0 Å². The first-order valence-corrected chi connectivity index (χ1v) is 3.55. The molecule has 1 fully saturated rings. The summed E-state index contributed by atoms with van der Waals surface area (Å²) in [5, 5.41) is 8.62. The molecule has 0 aromatic rings. The van der Waals surface area contributed by atoms with Crippen LogP contribution < -0.4 is 0 Å². The molecule has 2 unspecified atom stereocenters. The molecule has 1 N–H and O–H groups in total. The Balaban J connectivity index is 2.79. The van der Waals surface area contributed by atoms with Gasteiger partial charge in [0, 0.05) is 6.42 Å². The summed E-state index contributed by atoms with van der Waals surface area (Å²) in [5.41, 5.74) is 0. The summed E-state index contributed by atoms with van der Waals surface area (Å²) in [6.45, 7) is 3.49. The minimum absolute atomic E-state index is 0.153. The molecular weight excluding hydrogens is 144 g/mol.